The smallest absolute Gasteiger partial charge is 0.204 e. The van der Waals surface area contributed by atoms with Gasteiger partial charge < -0.3 is 4.74 Å². The van der Waals surface area contributed by atoms with Crippen molar-refractivity contribution >= 4 is 23.4 Å². The van der Waals surface area contributed by atoms with Crippen LogP contribution in [-0.4, -0.2) is 37.3 Å². The van der Waals surface area contributed by atoms with Gasteiger partial charge in [-0.3, -0.25) is 4.57 Å². The number of H-pyrrole nitrogens is 1. The number of benzene rings is 3. The summed E-state index contributed by atoms with van der Waals surface area (Å²) in [5.41, 5.74) is 3.11. The van der Waals surface area contributed by atoms with Crippen LogP contribution < -0.4 is 4.74 Å². The molecule has 5 aromatic rings. The van der Waals surface area contributed by atoms with Crippen LogP contribution in [0.2, 0.25) is 5.02 Å². The zero-order valence-electron chi connectivity index (χ0n) is 22.1. The van der Waals surface area contributed by atoms with Crippen LogP contribution in [0.4, 0.5) is 13.2 Å². The first kappa shape index (κ1) is 27.3. The summed E-state index contributed by atoms with van der Waals surface area (Å²) in [5, 5.41) is 14.4. The third-order valence-corrected chi connectivity index (χ3v) is 8.77. The van der Waals surface area contributed by atoms with E-state index in [4.69, 9.17) is 21.3 Å². The van der Waals surface area contributed by atoms with Crippen molar-refractivity contribution in [3.8, 4) is 22.8 Å². The van der Waals surface area contributed by atoms with Crippen LogP contribution in [0, 0.1) is 17.5 Å². The second kappa shape index (κ2) is 10.9. The highest BCUT2D eigenvalue weighted by molar-refractivity contribution is 7.98. The van der Waals surface area contributed by atoms with Crippen molar-refractivity contribution in [3.05, 3.63) is 99.6 Å². The maximum Gasteiger partial charge on any atom is 0.204 e. The second-order valence-corrected chi connectivity index (χ2v) is 11.3. The molecule has 1 unspecified atom stereocenters. The summed E-state index contributed by atoms with van der Waals surface area (Å²) in [6.45, 7) is 2.14. The van der Waals surface area contributed by atoms with E-state index in [2.05, 4.69) is 27.5 Å². The molecule has 0 spiro atoms. The fourth-order valence-corrected chi connectivity index (χ4v) is 6.66. The van der Waals surface area contributed by atoms with Crippen molar-refractivity contribution in [1.82, 2.24) is 30.2 Å². The van der Waals surface area contributed by atoms with Crippen molar-refractivity contribution in [3.63, 3.8) is 0 Å². The monoisotopic (exact) mass is 596 g/mol. The Morgan fingerprint density at radius 2 is 1.83 bits per heavy atom. The van der Waals surface area contributed by atoms with Crippen LogP contribution >= 0.6 is 23.4 Å². The molecule has 0 saturated carbocycles. The van der Waals surface area contributed by atoms with Gasteiger partial charge in [0.25, 0.3) is 0 Å². The molecular formula is C29H24ClF3N6OS. The molecule has 41 heavy (non-hydrogen) atoms. The van der Waals surface area contributed by atoms with Crippen molar-refractivity contribution in [2.24, 2.45) is 0 Å². The summed E-state index contributed by atoms with van der Waals surface area (Å²) in [5.74, 6) is -1.17. The summed E-state index contributed by atoms with van der Waals surface area (Å²) in [4.78, 5) is 4.96. The van der Waals surface area contributed by atoms with E-state index in [0.29, 0.717) is 21.6 Å². The van der Waals surface area contributed by atoms with Gasteiger partial charge in [0.15, 0.2) is 5.16 Å². The molecule has 2 heterocycles. The first-order valence-electron chi connectivity index (χ1n) is 12.8. The number of aromatic nitrogens is 6. The fraction of sp³-hybridized carbons (Fsp3) is 0.241. The number of nitrogens with zero attached hydrogens (tertiary/aromatic N) is 5. The van der Waals surface area contributed by atoms with Crippen LogP contribution in [0.15, 0.2) is 59.8 Å². The van der Waals surface area contributed by atoms with Gasteiger partial charge in [-0.25, -0.2) is 18.2 Å². The van der Waals surface area contributed by atoms with Crippen molar-refractivity contribution in [2.45, 2.75) is 42.5 Å². The van der Waals surface area contributed by atoms with Gasteiger partial charge in [-0.2, -0.15) is 5.21 Å². The van der Waals surface area contributed by atoms with E-state index in [1.807, 2.05) is 22.8 Å². The number of halogens is 4. The Kier molecular flexibility index (Phi) is 7.25. The molecule has 210 valence electrons. The average molecular weight is 597 g/mol. The van der Waals surface area contributed by atoms with E-state index in [1.165, 1.54) is 36.0 Å². The van der Waals surface area contributed by atoms with Gasteiger partial charge in [0.05, 0.1) is 23.5 Å². The molecule has 1 aliphatic carbocycles. The molecule has 1 atom stereocenters. The van der Waals surface area contributed by atoms with Crippen LogP contribution in [-0.2, 0) is 17.6 Å². The Balaban J connectivity index is 1.44. The number of hydrogen-bond acceptors (Lipinski definition) is 6. The molecular weight excluding hydrogens is 573 g/mol. The highest BCUT2D eigenvalue weighted by atomic mass is 35.5. The second-order valence-electron chi connectivity index (χ2n) is 9.98. The number of tetrazole rings is 1. The van der Waals surface area contributed by atoms with Crippen molar-refractivity contribution in [1.29, 1.82) is 0 Å². The number of ether oxygens (including phenoxy) is 1. The van der Waals surface area contributed by atoms with E-state index in [9.17, 15) is 4.39 Å². The lowest BCUT2D eigenvalue weighted by atomic mass is 9.71. The van der Waals surface area contributed by atoms with E-state index >= 15 is 8.78 Å². The molecule has 0 fully saturated rings. The first-order valence-corrected chi connectivity index (χ1v) is 14.2. The Hall–Kier alpha value is -3.83. The van der Waals surface area contributed by atoms with Gasteiger partial charge in [0, 0.05) is 28.0 Å². The van der Waals surface area contributed by atoms with Crippen molar-refractivity contribution in [2.75, 3.05) is 7.11 Å². The molecule has 0 amide bonds. The number of nitrogens with one attached hydrogen (secondary N) is 1. The minimum atomic E-state index is -0.722. The van der Waals surface area contributed by atoms with Gasteiger partial charge >= 0.3 is 0 Å². The van der Waals surface area contributed by atoms with E-state index in [1.54, 1.807) is 19.2 Å². The number of aromatic amines is 1. The summed E-state index contributed by atoms with van der Waals surface area (Å²) < 4.78 is 51.7. The number of thioether (sulfide) groups is 1. The van der Waals surface area contributed by atoms with Gasteiger partial charge in [-0.15, -0.1) is 10.2 Å². The molecule has 0 radical (unpaired) electrons. The zero-order valence-corrected chi connectivity index (χ0v) is 23.7. The SMILES string of the molecule is COc1cc(C2(C)CCCc3nc(SCc4c(F)cc(-c5nn[nH]n5)cc4F)n(-c4ccc(F)cc4)c32)ccc1Cl. The lowest BCUT2D eigenvalue weighted by Gasteiger charge is -2.36. The number of aryl methyl sites for hydroxylation is 1. The predicted octanol–water partition coefficient (Wildman–Crippen LogP) is 7.07. The highest BCUT2D eigenvalue weighted by Crippen LogP contribution is 2.47. The number of fused-ring (bicyclic) bond motifs is 1. The molecule has 1 N–H and O–H groups in total. The normalized spacial score (nSPS) is 16.5. The summed E-state index contributed by atoms with van der Waals surface area (Å²) in [6.07, 6.45) is 2.45. The molecule has 7 nitrogen and oxygen atoms in total. The highest BCUT2D eigenvalue weighted by Gasteiger charge is 2.40. The molecule has 0 bridgehead atoms. The Labute approximate surface area is 243 Å². The zero-order chi connectivity index (χ0) is 28.7. The van der Waals surface area contributed by atoms with Crippen LogP contribution in [0.5, 0.6) is 5.75 Å². The molecule has 1 aliphatic rings. The Morgan fingerprint density at radius 1 is 1.07 bits per heavy atom. The maximum atomic E-state index is 15.1. The molecule has 0 aliphatic heterocycles. The summed E-state index contributed by atoms with van der Waals surface area (Å²) in [6, 6.07) is 14.2. The number of rotatable bonds is 7. The average Bonchev–Trinajstić information content (AvgIpc) is 3.63. The van der Waals surface area contributed by atoms with Gasteiger partial charge in [0.1, 0.15) is 23.2 Å². The van der Waals surface area contributed by atoms with Crippen molar-refractivity contribution < 1.29 is 17.9 Å². The number of hydrogen-bond donors (Lipinski definition) is 1. The van der Waals surface area contributed by atoms with Gasteiger partial charge in [0.2, 0.25) is 5.82 Å². The topological polar surface area (TPSA) is 81.5 Å². The third-order valence-electron chi connectivity index (χ3n) is 7.50. The van der Waals surface area contributed by atoms with Gasteiger partial charge in [-0.1, -0.05) is 29.4 Å². The van der Waals surface area contributed by atoms with E-state index in [-0.39, 0.29) is 28.5 Å². The summed E-state index contributed by atoms with van der Waals surface area (Å²) in [7, 11) is 1.57. The largest absolute Gasteiger partial charge is 0.495 e. The Morgan fingerprint density at radius 3 is 2.51 bits per heavy atom. The standard InChI is InChI=1S/C29H24ClF3N6OS/c1-29(17-5-10-21(30)25(14-17)40-2)11-3-4-24-26(29)39(19-8-6-18(31)7-9-19)28(34-24)41-15-20-22(32)12-16(13-23(20)33)27-35-37-38-36-27/h5-10,12-14H,3-4,11,15H2,1-2H3,(H,35,36,37,38). The molecule has 3 aromatic carbocycles. The number of methoxy groups -OCH3 is 1. The molecule has 0 saturated heterocycles. The minimum absolute atomic E-state index is 0.0211. The van der Waals surface area contributed by atoms with Crippen LogP contribution in [0.3, 0.4) is 0 Å². The van der Waals surface area contributed by atoms with E-state index in [0.717, 1.165) is 36.2 Å². The fourth-order valence-electron chi connectivity index (χ4n) is 5.41. The third kappa shape index (κ3) is 4.97. The Bertz CT molecular complexity index is 1700. The molecule has 6 rings (SSSR count). The number of imidazole rings is 1. The predicted molar refractivity (Wildman–Crippen MR) is 150 cm³/mol. The lowest BCUT2D eigenvalue weighted by molar-refractivity contribution is 0.407. The molecule has 2 aromatic heterocycles. The quantitative estimate of drug-likeness (QED) is 0.202. The summed E-state index contributed by atoms with van der Waals surface area (Å²) >= 11 is 7.55. The van der Waals surface area contributed by atoms with Crippen LogP contribution in [0.1, 0.15) is 42.3 Å². The van der Waals surface area contributed by atoms with Crippen LogP contribution in [0.25, 0.3) is 17.1 Å². The molecule has 12 heteroatoms. The van der Waals surface area contributed by atoms with E-state index < -0.39 is 17.0 Å². The van der Waals surface area contributed by atoms with Gasteiger partial charge in [-0.05, 0) is 85.5 Å². The maximum absolute atomic E-state index is 15.1. The first-order chi connectivity index (χ1) is 19.8. The minimum Gasteiger partial charge on any atom is -0.495 e. The lowest BCUT2D eigenvalue weighted by Crippen LogP contribution is -2.31.